The summed E-state index contributed by atoms with van der Waals surface area (Å²) < 4.78 is 5.02. The first-order valence-electron chi connectivity index (χ1n) is 5.38. The Morgan fingerprint density at radius 2 is 2.12 bits per heavy atom. The molecule has 0 radical (unpaired) electrons. The number of carbonyl (C=O) groups is 1. The minimum Gasteiger partial charge on any atom is -0.445 e. The van der Waals surface area contributed by atoms with Gasteiger partial charge < -0.3 is 15.8 Å². The van der Waals surface area contributed by atoms with Gasteiger partial charge in [-0.25, -0.2) is 4.79 Å². The minimum atomic E-state index is -0.399. The maximum Gasteiger partial charge on any atom is 0.407 e. The first kappa shape index (κ1) is 12.5. The molecule has 88 valence electrons. The maximum absolute atomic E-state index is 11.2. The van der Waals surface area contributed by atoms with Crippen molar-refractivity contribution in [2.75, 3.05) is 6.54 Å². The van der Waals surface area contributed by atoms with Crippen molar-refractivity contribution in [2.24, 2.45) is 5.73 Å². The zero-order valence-electron chi connectivity index (χ0n) is 9.48. The summed E-state index contributed by atoms with van der Waals surface area (Å²) in [6, 6.07) is 9.66. The fourth-order valence-corrected chi connectivity index (χ4v) is 1.18. The van der Waals surface area contributed by atoms with E-state index in [0.29, 0.717) is 13.2 Å². The van der Waals surface area contributed by atoms with Crippen molar-refractivity contribution in [1.29, 1.82) is 0 Å². The molecule has 3 N–H and O–H groups in total. The van der Waals surface area contributed by atoms with Crippen LogP contribution in [-0.2, 0) is 11.3 Å². The minimum absolute atomic E-state index is 0.0921. The quantitative estimate of drug-likeness (QED) is 0.796. The number of nitrogens with two attached hydrogens (primary N) is 1. The highest BCUT2D eigenvalue weighted by molar-refractivity contribution is 5.67. The van der Waals surface area contributed by atoms with Gasteiger partial charge in [0.2, 0.25) is 0 Å². The number of nitrogens with one attached hydrogen (secondary N) is 1. The van der Waals surface area contributed by atoms with Crippen molar-refractivity contribution in [1.82, 2.24) is 5.32 Å². The molecule has 0 aliphatic rings. The zero-order valence-corrected chi connectivity index (χ0v) is 9.48. The molecule has 0 aliphatic carbocycles. The summed E-state index contributed by atoms with van der Waals surface area (Å²) in [5.41, 5.74) is 6.53. The van der Waals surface area contributed by atoms with E-state index in [2.05, 4.69) is 5.32 Å². The number of hydrogen-bond acceptors (Lipinski definition) is 3. The van der Waals surface area contributed by atoms with Crippen molar-refractivity contribution in [3.05, 3.63) is 35.9 Å². The highest BCUT2D eigenvalue weighted by Gasteiger charge is 2.02. The van der Waals surface area contributed by atoms with Gasteiger partial charge in [-0.3, -0.25) is 0 Å². The molecule has 4 heteroatoms. The summed E-state index contributed by atoms with van der Waals surface area (Å²) in [7, 11) is 0. The van der Waals surface area contributed by atoms with Crippen molar-refractivity contribution >= 4 is 6.09 Å². The molecule has 1 aromatic rings. The second-order valence-electron chi connectivity index (χ2n) is 3.75. The number of hydrogen-bond donors (Lipinski definition) is 2. The van der Waals surface area contributed by atoms with Crippen LogP contribution in [-0.4, -0.2) is 18.7 Å². The third kappa shape index (κ3) is 5.36. The predicted molar refractivity (Wildman–Crippen MR) is 62.9 cm³/mol. The van der Waals surface area contributed by atoms with Gasteiger partial charge >= 0.3 is 6.09 Å². The van der Waals surface area contributed by atoms with Crippen molar-refractivity contribution in [3.63, 3.8) is 0 Å². The number of amides is 1. The maximum atomic E-state index is 11.2. The van der Waals surface area contributed by atoms with E-state index in [1.165, 1.54) is 0 Å². The standard InChI is InChI=1S/C12H18N2O2/c1-10(13)7-8-14-12(15)16-9-11-5-3-2-4-6-11/h2-6,10H,7-9,13H2,1H3,(H,14,15)/t10-/m1/s1. The normalized spacial score (nSPS) is 11.9. The average Bonchev–Trinajstić information content (AvgIpc) is 2.27. The van der Waals surface area contributed by atoms with E-state index in [4.69, 9.17) is 10.5 Å². The fraction of sp³-hybridized carbons (Fsp3) is 0.417. The smallest absolute Gasteiger partial charge is 0.407 e. The highest BCUT2D eigenvalue weighted by Crippen LogP contribution is 2.00. The Bertz CT molecular complexity index is 312. The van der Waals surface area contributed by atoms with Crippen molar-refractivity contribution in [2.45, 2.75) is 26.0 Å². The Morgan fingerprint density at radius 1 is 1.44 bits per heavy atom. The molecular formula is C12H18N2O2. The van der Waals surface area contributed by atoms with E-state index in [1.54, 1.807) is 0 Å². The first-order chi connectivity index (χ1) is 7.68. The Balaban J connectivity index is 2.16. The Kier molecular flexibility index (Phi) is 5.36. The molecule has 1 rings (SSSR count). The van der Waals surface area contributed by atoms with Crippen LogP contribution in [0.15, 0.2) is 30.3 Å². The molecule has 0 bridgehead atoms. The van der Waals surface area contributed by atoms with Crippen LogP contribution in [0.2, 0.25) is 0 Å². The second kappa shape index (κ2) is 6.85. The van der Waals surface area contributed by atoms with Crippen LogP contribution < -0.4 is 11.1 Å². The van der Waals surface area contributed by atoms with Crippen LogP contribution in [0.25, 0.3) is 0 Å². The Morgan fingerprint density at radius 3 is 2.75 bits per heavy atom. The largest absolute Gasteiger partial charge is 0.445 e. The summed E-state index contributed by atoms with van der Waals surface area (Å²) in [4.78, 5) is 11.2. The molecule has 0 fully saturated rings. The van der Waals surface area contributed by atoms with E-state index in [-0.39, 0.29) is 6.04 Å². The highest BCUT2D eigenvalue weighted by atomic mass is 16.5. The van der Waals surface area contributed by atoms with Crippen LogP contribution >= 0.6 is 0 Å². The predicted octanol–water partition coefficient (Wildman–Crippen LogP) is 1.65. The average molecular weight is 222 g/mol. The number of benzene rings is 1. The third-order valence-corrected chi connectivity index (χ3v) is 2.08. The molecule has 0 spiro atoms. The molecular weight excluding hydrogens is 204 g/mol. The molecule has 16 heavy (non-hydrogen) atoms. The van der Waals surface area contributed by atoms with E-state index in [9.17, 15) is 4.79 Å². The summed E-state index contributed by atoms with van der Waals surface area (Å²) in [6.07, 6.45) is 0.352. The molecule has 1 amide bonds. The number of rotatable bonds is 5. The molecule has 1 aromatic carbocycles. The lowest BCUT2D eigenvalue weighted by Crippen LogP contribution is -2.29. The third-order valence-electron chi connectivity index (χ3n) is 2.08. The van der Waals surface area contributed by atoms with E-state index < -0.39 is 6.09 Å². The summed E-state index contributed by atoms with van der Waals surface area (Å²) in [5, 5.41) is 2.64. The number of carbonyl (C=O) groups excluding carboxylic acids is 1. The lowest BCUT2D eigenvalue weighted by atomic mass is 10.2. The SMILES string of the molecule is C[C@@H](N)CCNC(=O)OCc1ccccc1. The Labute approximate surface area is 95.8 Å². The number of ether oxygens (including phenoxy) is 1. The van der Waals surface area contributed by atoms with Gasteiger partial charge in [-0.2, -0.15) is 0 Å². The van der Waals surface area contributed by atoms with Crippen LogP contribution in [0, 0.1) is 0 Å². The first-order valence-corrected chi connectivity index (χ1v) is 5.38. The van der Waals surface area contributed by atoms with Crippen LogP contribution in [0.3, 0.4) is 0 Å². The molecule has 0 saturated carbocycles. The molecule has 0 heterocycles. The van der Waals surface area contributed by atoms with E-state index in [0.717, 1.165) is 12.0 Å². The van der Waals surface area contributed by atoms with Crippen LogP contribution in [0.5, 0.6) is 0 Å². The summed E-state index contributed by atoms with van der Waals surface area (Å²) >= 11 is 0. The fourth-order valence-electron chi connectivity index (χ4n) is 1.18. The van der Waals surface area contributed by atoms with Gasteiger partial charge in [-0.1, -0.05) is 30.3 Å². The molecule has 0 aliphatic heterocycles. The van der Waals surface area contributed by atoms with Gasteiger partial charge in [0, 0.05) is 12.6 Å². The van der Waals surface area contributed by atoms with Crippen molar-refractivity contribution < 1.29 is 9.53 Å². The lowest BCUT2D eigenvalue weighted by Gasteiger charge is -2.08. The topological polar surface area (TPSA) is 64.3 Å². The molecule has 0 saturated heterocycles. The molecule has 1 atom stereocenters. The van der Waals surface area contributed by atoms with Gasteiger partial charge in [0.15, 0.2) is 0 Å². The number of alkyl carbamates (subject to hydrolysis) is 1. The summed E-state index contributed by atoms with van der Waals surface area (Å²) in [6.45, 7) is 2.74. The van der Waals surface area contributed by atoms with Gasteiger partial charge in [0.25, 0.3) is 0 Å². The Hall–Kier alpha value is -1.55. The van der Waals surface area contributed by atoms with Crippen molar-refractivity contribution in [3.8, 4) is 0 Å². The molecule has 4 nitrogen and oxygen atoms in total. The van der Waals surface area contributed by atoms with Crippen LogP contribution in [0.1, 0.15) is 18.9 Å². The van der Waals surface area contributed by atoms with E-state index >= 15 is 0 Å². The zero-order chi connectivity index (χ0) is 11.8. The van der Waals surface area contributed by atoms with Gasteiger partial charge in [-0.05, 0) is 18.9 Å². The lowest BCUT2D eigenvalue weighted by molar-refractivity contribution is 0.139. The van der Waals surface area contributed by atoms with Gasteiger partial charge in [0.05, 0.1) is 0 Å². The van der Waals surface area contributed by atoms with E-state index in [1.807, 2.05) is 37.3 Å². The van der Waals surface area contributed by atoms with Crippen LogP contribution in [0.4, 0.5) is 4.79 Å². The second-order valence-corrected chi connectivity index (χ2v) is 3.75. The molecule has 0 aromatic heterocycles. The monoisotopic (exact) mass is 222 g/mol. The molecule has 0 unspecified atom stereocenters. The van der Waals surface area contributed by atoms with Gasteiger partial charge in [-0.15, -0.1) is 0 Å². The summed E-state index contributed by atoms with van der Waals surface area (Å²) in [5.74, 6) is 0. The van der Waals surface area contributed by atoms with Gasteiger partial charge in [0.1, 0.15) is 6.61 Å².